The molecule has 1 heterocycles. The molecule has 0 spiro atoms. The van der Waals surface area contributed by atoms with Crippen molar-refractivity contribution in [1.29, 1.82) is 0 Å². The highest BCUT2D eigenvalue weighted by atomic mass is 16.5. The molecule has 1 aliphatic heterocycles. The summed E-state index contributed by atoms with van der Waals surface area (Å²) < 4.78 is 5.09. The van der Waals surface area contributed by atoms with Gasteiger partial charge >= 0.3 is 0 Å². The van der Waals surface area contributed by atoms with Crippen molar-refractivity contribution in [1.82, 2.24) is 10.6 Å². The molecule has 0 amide bonds. The molecule has 1 atom stereocenters. The van der Waals surface area contributed by atoms with Gasteiger partial charge in [0, 0.05) is 32.8 Å². The van der Waals surface area contributed by atoms with Crippen molar-refractivity contribution in [2.24, 2.45) is 0 Å². The van der Waals surface area contributed by atoms with Crippen molar-refractivity contribution in [2.45, 2.75) is 19.1 Å². The van der Waals surface area contributed by atoms with Crippen molar-refractivity contribution in [3.63, 3.8) is 0 Å². The Morgan fingerprint density at radius 1 is 1.70 bits per heavy atom. The molecule has 3 heteroatoms. The van der Waals surface area contributed by atoms with Crippen LogP contribution in [0.3, 0.4) is 0 Å². The zero-order valence-electron chi connectivity index (χ0n) is 6.68. The molecule has 0 aromatic rings. The number of methoxy groups -OCH3 is 1. The number of hydrogen-bond acceptors (Lipinski definition) is 3. The first-order chi connectivity index (χ1) is 4.83. The highest BCUT2D eigenvalue weighted by molar-refractivity contribution is 4.81. The summed E-state index contributed by atoms with van der Waals surface area (Å²) in [7, 11) is 1.74. The van der Waals surface area contributed by atoms with Crippen LogP contribution in [0.2, 0.25) is 0 Å². The Morgan fingerprint density at radius 2 is 2.40 bits per heavy atom. The third-order valence-corrected chi connectivity index (χ3v) is 1.88. The molecule has 0 aromatic heterocycles. The lowest BCUT2D eigenvalue weighted by molar-refractivity contribution is 0.111. The summed E-state index contributed by atoms with van der Waals surface area (Å²) >= 11 is 0. The van der Waals surface area contributed by atoms with Gasteiger partial charge in [0.15, 0.2) is 0 Å². The van der Waals surface area contributed by atoms with E-state index >= 15 is 0 Å². The molecule has 3 nitrogen and oxygen atoms in total. The fourth-order valence-corrected chi connectivity index (χ4v) is 0.849. The summed E-state index contributed by atoms with van der Waals surface area (Å²) in [5.74, 6) is 0. The lowest BCUT2D eigenvalue weighted by atomic mass is 10.2. The summed E-state index contributed by atoms with van der Waals surface area (Å²) in [6.07, 6.45) is 0.334. The predicted octanol–water partition coefficient (Wildman–Crippen LogP) is -0.417. The molecule has 10 heavy (non-hydrogen) atoms. The topological polar surface area (TPSA) is 33.3 Å². The Bertz CT molecular complexity index is 88.9. The largest absolute Gasteiger partial charge is 0.380 e. The minimum atomic E-state index is 0.334. The van der Waals surface area contributed by atoms with Crippen molar-refractivity contribution < 1.29 is 4.74 Å². The third-order valence-electron chi connectivity index (χ3n) is 1.88. The first-order valence-electron chi connectivity index (χ1n) is 3.80. The van der Waals surface area contributed by atoms with Crippen LogP contribution in [0.4, 0.5) is 0 Å². The van der Waals surface area contributed by atoms with Crippen LogP contribution in [0.25, 0.3) is 0 Å². The van der Waals surface area contributed by atoms with Gasteiger partial charge < -0.3 is 15.4 Å². The second kappa shape index (κ2) is 3.91. The zero-order valence-corrected chi connectivity index (χ0v) is 6.68. The highest BCUT2D eigenvalue weighted by Gasteiger charge is 2.15. The molecule has 0 aromatic carbocycles. The van der Waals surface area contributed by atoms with E-state index in [9.17, 15) is 0 Å². The van der Waals surface area contributed by atoms with Gasteiger partial charge in [0.2, 0.25) is 0 Å². The second-order valence-electron chi connectivity index (χ2n) is 2.81. The standard InChI is InChI=1S/C7H16N2O/c1-6(10-2)3-9-7-4-8-5-7/h6-9H,3-5H2,1-2H3. The van der Waals surface area contributed by atoms with Crippen LogP contribution in [0.5, 0.6) is 0 Å². The lowest BCUT2D eigenvalue weighted by Crippen LogP contribution is -2.56. The van der Waals surface area contributed by atoms with E-state index in [1.807, 2.05) is 0 Å². The van der Waals surface area contributed by atoms with Crippen molar-refractivity contribution in [3.05, 3.63) is 0 Å². The molecular formula is C7H16N2O. The van der Waals surface area contributed by atoms with E-state index in [1.54, 1.807) is 7.11 Å². The van der Waals surface area contributed by atoms with Gasteiger partial charge in [-0.2, -0.15) is 0 Å². The Balaban J connectivity index is 1.93. The van der Waals surface area contributed by atoms with Crippen molar-refractivity contribution >= 4 is 0 Å². The van der Waals surface area contributed by atoms with Gasteiger partial charge in [0.1, 0.15) is 0 Å². The summed E-state index contributed by atoms with van der Waals surface area (Å²) in [5, 5.41) is 6.58. The molecule has 60 valence electrons. The minimum absolute atomic E-state index is 0.334. The fourth-order valence-electron chi connectivity index (χ4n) is 0.849. The molecule has 0 radical (unpaired) electrons. The maximum atomic E-state index is 5.09. The molecule has 0 saturated carbocycles. The maximum absolute atomic E-state index is 5.09. The van der Waals surface area contributed by atoms with Crippen LogP contribution in [0.1, 0.15) is 6.92 Å². The second-order valence-corrected chi connectivity index (χ2v) is 2.81. The summed E-state index contributed by atoms with van der Waals surface area (Å²) in [6.45, 7) is 5.24. The van der Waals surface area contributed by atoms with Gasteiger partial charge in [0.25, 0.3) is 0 Å². The molecule has 0 aliphatic carbocycles. The average Bonchev–Trinajstić information content (AvgIpc) is 1.84. The van der Waals surface area contributed by atoms with Gasteiger partial charge in [-0.3, -0.25) is 0 Å². The fraction of sp³-hybridized carbons (Fsp3) is 1.00. The summed E-state index contributed by atoms with van der Waals surface area (Å²) in [6, 6.07) is 0.678. The van der Waals surface area contributed by atoms with E-state index in [1.165, 1.54) is 0 Å². The summed E-state index contributed by atoms with van der Waals surface area (Å²) in [4.78, 5) is 0. The number of nitrogens with one attached hydrogen (secondary N) is 2. The normalized spacial score (nSPS) is 22.2. The number of ether oxygens (including phenoxy) is 1. The van der Waals surface area contributed by atoms with E-state index in [2.05, 4.69) is 17.6 Å². The SMILES string of the molecule is COC(C)CNC1CNC1. The molecule has 2 N–H and O–H groups in total. The zero-order chi connectivity index (χ0) is 7.40. The highest BCUT2D eigenvalue weighted by Crippen LogP contribution is 1.91. The Morgan fingerprint density at radius 3 is 2.80 bits per heavy atom. The van der Waals surface area contributed by atoms with E-state index in [0.717, 1.165) is 19.6 Å². The van der Waals surface area contributed by atoms with Crippen LogP contribution in [0, 0.1) is 0 Å². The van der Waals surface area contributed by atoms with E-state index in [0.29, 0.717) is 12.1 Å². The average molecular weight is 144 g/mol. The smallest absolute Gasteiger partial charge is 0.0667 e. The van der Waals surface area contributed by atoms with Crippen LogP contribution < -0.4 is 10.6 Å². The molecule has 1 fully saturated rings. The minimum Gasteiger partial charge on any atom is -0.380 e. The number of hydrogen-bond donors (Lipinski definition) is 2. The Hall–Kier alpha value is -0.120. The first-order valence-corrected chi connectivity index (χ1v) is 3.80. The van der Waals surface area contributed by atoms with E-state index < -0.39 is 0 Å². The van der Waals surface area contributed by atoms with E-state index in [-0.39, 0.29) is 0 Å². The van der Waals surface area contributed by atoms with Crippen molar-refractivity contribution in [3.8, 4) is 0 Å². The molecule has 1 rings (SSSR count). The van der Waals surface area contributed by atoms with Gasteiger partial charge in [-0.15, -0.1) is 0 Å². The van der Waals surface area contributed by atoms with Gasteiger partial charge in [0.05, 0.1) is 6.10 Å². The maximum Gasteiger partial charge on any atom is 0.0667 e. The Kier molecular flexibility index (Phi) is 3.12. The third kappa shape index (κ3) is 2.25. The molecule has 0 bridgehead atoms. The molecule has 1 aliphatic rings. The molecule has 1 saturated heterocycles. The van der Waals surface area contributed by atoms with Crippen molar-refractivity contribution in [2.75, 3.05) is 26.7 Å². The monoisotopic (exact) mass is 144 g/mol. The van der Waals surface area contributed by atoms with E-state index in [4.69, 9.17) is 4.74 Å². The number of rotatable bonds is 4. The quantitative estimate of drug-likeness (QED) is 0.562. The van der Waals surface area contributed by atoms with Crippen LogP contribution in [-0.2, 0) is 4.74 Å². The van der Waals surface area contributed by atoms with Gasteiger partial charge in [-0.1, -0.05) is 0 Å². The molecule has 1 unspecified atom stereocenters. The predicted molar refractivity (Wildman–Crippen MR) is 41.1 cm³/mol. The van der Waals surface area contributed by atoms with Gasteiger partial charge in [-0.25, -0.2) is 0 Å². The van der Waals surface area contributed by atoms with Crippen LogP contribution >= 0.6 is 0 Å². The Labute approximate surface area is 62.1 Å². The van der Waals surface area contributed by atoms with Gasteiger partial charge in [-0.05, 0) is 6.92 Å². The lowest BCUT2D eigenvalue weighted by Gasteiger charge is -2.29. The first kappa shape index (κ1) is 7.98. The molecular weight excluding hydrogens is 128 g/mol. The van der Waals surface area contributed by atoms with Crippen LogP contribution in [0.15, 0.2) is 0 Å². The summed E-state index contributed by atoms with van der Waals surface area (Å²) in [5.41, 5.74) is 0. The van der Waals surface area contributed by atoms with Crippen LogP contribution in [-0.4, -0.2) is 38.9 Å².